The van der Waals surface area contributed by atoms with E-state index < -0.39 is 11.2 Å². The van der Waals surface area contributed by atoms with E-state index in [0.717, 1.165) is 23.1 Å². The Morgan fingerprint density at radius 3 is 2.78 bits per heavy atom. The summed E-state index contributed by atoms with van der Waals surface area (Å²) in [6.45, 7) is 0.261. The number of thioether (sulfide) groups is 1. The van der Waals surface area contributed by atoms with E-state index in [1.807, 2.05) is 12.1 Å². The second-order valence-corrected chi connectivity index (χ2v) is 6.76. The Labute approximate surface area is 160 Å². The van der Waals surface area contributed by atoms with Crippen molar-refractivity contribution in [3.63, 3.8) is 0 Å². The highest BCUT2D eigenvalue weighted by Gasteiger charge is 2.32. The fourth-order valence-corrected chi connectivity index (χ4v) is 3.06. The molecule has 2 amide bonds. The summed E-state index contributed by atoms with van der Waals surface area (Å²) < 4.78 is 5.07. The molecule has 0 bridgehead atoms. The predicted molar refractivity (Wildman–Crippen MR) is 102 cm³/mol. The first-order valence-corrected chi connectivity index (χ1v) is 9.07. The first-order chi connectivity index (χ1) is 13.0. The van der Waals surface area contributed by atoms with E-state index in [-0.39, 0.29) is 31.2 Å². The van der Waals surface area contributed by atoms with Crippen LogP contribution in [0.15, 0.2) is 34.5 Å². The van der Waals surface area contributed by atoms with Gasteiger partial charge in [-0.05, 0) is 36.2 Å². The van der Waals surface area contributed by atoms with Crippen LogP contribution in [0.4, 0.5) is 0 Å². The van der Waals surface area contributed by atoms with Gasteiger partial charge in [-0.1, -0.05) is 11.8 Å². The van der Waals surface area contributed by atoms with Crippen LogP contribution in [0.3, 0.4) is 0 Å². The molecule has 1 aromatic rings. The van der Waals surface area contributed by atoms with Gasteiger partial charge in [-0.2, -0.15) is 5.10 Å². The van der Waals surface area contributed by atoms with Gasteiger partial charge in [0.2, 0.25) is 11.8 Å². The molecular formula is C17H20N4O5S. The number of ether oxygens (including phenoxy) is 1. The third-order valence-corrected chi connectivity index (χ3v) is 4.58. The van der Waals surface area contributed by atoms with Crippen LogP contribution in [0.5, 0.6) is 5.75 Å². The van der Waals surface area contributed by atoms with Crippen LogP contribution in [0.25, 0.3) is 0 Å². The lowest BCUT2D eigenvalue weighted by atomic mass is 10.2. The molecule has 27 heavy (non-hydrogen) atoms. The van der Waals surface area contributed by atoms with Crippen LogP contribution in [0, 0.1) is 0 Å². The second kappa shape index (κ2) is 10.3. The van der Waals surface area contributed by atoms with Gasteiger partial charge in [-0.25, -0.2) is 0 Å². The Balaban J connectivity index is 1.79. The molecule has 1 fully saturated rings. The van der Waals surface area contributed by atoms with Crippen molar-refractivity contribution in [3.8, 4) is 5.75 Å². The summed E-state index contributed by atoms with van der Waals surface area (Å²) >= 11 is 1.13. The van der Waals surface area contributed by atoms with E-state index in [1.54, 1.807) is 25.5 Å². The van der Waals surface area contributed by atoms with E-state index in [1.165, 1.54) is 0 Å². The molecule has 144 valence electrons. The largest absolute Gasteiger partial charge is 0.497 e. The van der Waals surface area contributed by atoms with Crippen LogP contribution in [-0.4, -0.2) is 53.2 Å². The van der Waals surface area contributed by atoms with Crippen molar-refractivity contribution in [1.29, 1.82) is 0 Å². The van der Waals surface area contributed by atoms with E-state index in [9.17, 15) is 14.4 Å². The van der Waals surface area contributed by atoms with Crippen molar-refractivity contribution >= 4 is 40.9 Å². The van der Waals surface area contributed by atoms with Crippen LogP contribution in [-0.2, 0) is 14.4 Å². The van der Waals surface area contributed by atoms with Gasteiger partial charge in [-0.3, -0.25) is 14.4 Å². The van der Waals surface area contributed by atoms with E-state index >= 15 is 0 Å². The van der Waals surface area contributed by atoms with Crippen molar-refractivity contribution in [2.24, 2.45) is 10.2 Å². The van der Waals surface area contributed by atoms with Crippen LogP contribution in [0.1, 0.15) is 24.8 Å². The molecule has 0 radical (unpaired) electrons. The lowest BCUT2D eigenvalue weighted by Gasteiger charge is -2.06. The third kappa shape index (κ3) is 7.10. The fourth-order valence-electron chi connectivity index (χ4n) is 2.13. The monoisotopic (exact) mass is 392 g/mol. The molecule has 1 aliphatic rings. The van der Waals surface area contributed by atoms with Crippen molar-refractivity contribution in [2.45, 2.75) is 24.5 Å². The second-order valence-electron chi connectivity index (χ2n) is 5.57. The molecule has 1 atom stereocenters. The Hall–Kier alpha value is -2.88. The van der Waals surface area contributed by atoms with Gasteiger partial charge >= 0.3 is 5.97 Å². The number of carboxylic acid groups (broad SMARTS) is 1. The lowest BCUT2D eigenvalue weighted by Crippen LogP contribution is -2.31. The number of rotatable bonds is 9. The van der Waals surface area contributed by atoms with E-state index in [0.29, 0.717) is 11.6 Å². The molecule has 1 saturated heterocycles. The van der Waals surface area contributed by atoms with Crippen molar-refractivity contribution in [2.75, 3.05) is 13.7 Å². The molecule has 0 saturated carbocycles. The number of hydrogen-bond acceptors (Lipinski definition) is 7. The number of methoxy groups -OCH3 is 1. The average molecular weight is 392 g/mol. The zero-order valence-electron chi connectivity index (χ0n) is 14.7. The molecule has 1 heterocycles. The highest BCUT2D eigenvalue weighted by Crippen LogP contribution is 2.22. The minimum Gasteiger partial charge on any atom is -0.497 e. The Morgan fingerprint density at radius 1 is 1.37 bits per heavy atom. The molecular weight excluding hydrogens is 372 g/mol. The molecule has 0 aromatic heterocycles. The summed E-state index contributed by atoms with van der Waals surface area (Å²) in [6.07, 6.45) is 1.87. The SMILES string of the molecule is COc1ccc(C=N/N=C2\NC(=O)C(CC(=O)NCCCC(=O)O)S2)cc1. The first kappa shape index (κ1) is 20.4. The summed E-state index contributed by atoms with van der Waals surface area (Å²) in [5.74, 6) is -0.790. The molecule has 9 nitrogen and oxygen atoms in total. The quantitative estimate of drug-likeness (QED) is 0.326. The summed E-state index contributed by atoms with van der Waals surface area (Å²) in [7, 11) is 1.59. The molecule has 2 rings (SSSR count). The van der Waals surface area contributed by atoms with Gasteiger partial charge in [0.25, 0.3) is 0 Å². The molecule has 0 spiro atoms. The number of nitrogens with zero attached hydrogens (tertiary/aromatic N) is 2. The topological polar surface area (TPSA) is 129 Å². The smallest absolute Gasteiger partial charge is 0.303 e. The number of benzene rings is 1. The summed E-state index contributed by atoms with van der Waals surface area (Å²) in [5.41, 5.74) is 0.826. The van der Waals surface area contributed by atoms with Gasteiger partial charge < -0.3 is 20.5 Å². The van der Waals surface area contributed by atoms with Gasteiger partial charge in [0, 0.05) is 19.4 Å². The highest BCUT2D eigenvalue weighted by molar-refractivity contribution is 8.15. The Kier molecular flexibility index (Phi) is 7.80. The van der Waals surface area contributed by atoms with Crippen LogP contribution < -0.4 is 15.4 Å². The zero-order valence-corrected chi connectivity index (χ0v) is 15.5. The number of carbonyl (C=O) groups excluding carboxylic acids is 2. The molecule has 3 N–H and O–H groups in total. The summed E-state index contributed by atoms with van der Waals surface area (Å²) in [6, 6.07) is 7.23. The number of amides is 2. The van der Waals surface area contributed by atoms with Gasteiger partial charge in [0.05, 0.1) is 13.3 Å². The minimum absolute atomic E-state index is 0.00914. The maximum absolute atomic E-state index is 11.9. The number of amidine groups is 1. The highest BCUT2D eigenvalue weighted by atomic mass is 32.2. The van der Waals surface area contributed by atoms with Crippen LogP contribution >= 0.6 is 11.8 Å². The van der Waals surface area contributed by atoms with Gasteiger partial charge in [-0.15, -0.1) is 5.10 Å². The molecule has 0 aliphatic carbocycles. The number of hydrogen-bond donors (Lipinski definition) is 3. The third-order valence-electron chi connectivity index (χ3n) is 3.51. The number of nitrogens with one attached hydrogen (secondary N) is 2. The summed E-state index contributed by atoms with van der Waals surface area (Å²) in [4.78, 5) is 34.1. The van der Waals surface area contributed by atoms with Crippen LogP contribution in [0.2, 0.25) is 0 Å². The van der Waals surface area contributed by atoms with Crippen molar-refractivity contribution < 1.29 is 24.2 Å². The maximum atomic E-state index is 11.9. The summed E-state index contributed by atoms with van der Waals surface area (Å²) in [5, 5.41) is 21.3. The number of carboxylic acids is 1. The fraction of sp³-hybridized carbons (Fsp3) is 0.353. The number of aliphatic carboxylic acids is 1. The standard InChI is InChI=1S/C17H20N4O5S/c1-26-12-6-4-11(5-7-12)10-19-21-17-20-16(25)13(27-17)9-14(22)18-8-2-3-15(23)24/h4-7,10,13H,2-3,8-9H2,1H3,(H,18,22)(H,23,24)(H,20,21,25). The van der Waals surface area contributed by atoms with E-state index in [4.69, 9.17) is 9.84 Å². The zero-order chi connectivity index (χ0) is 19.6. The normalized spacial score (nSPS) is 17.9. The van der Waals surface area contributed by atoms with Crippen molar-refractivity contribution in [3.05, 3.63) is 29.8 Å². The minimum atomic E-state index is -0.911. The predicted octanol–water partition coefficient (Wildman–Crippen LogP) is 0.988. The van der Waals surface area contributed by atoms with Crippen molar-refractivity contribution in [1.82, 2.24) is 10.6 Å². The Bertz CT molecular complexity index is 748. The molecule has 1 aromatic carbocycles. The van der Waals surface area contributed by atoms with E-state index in [2.05, 4.69) is 20.8 Å². The van der Waals surface area contributed by atoms with Gasteiger partial charge in [0.1, 0.15) is 11.0 Å². The maximum Gasteiger partial charge on any atom is 0.303 e. The first-order valence-electron chi connectivity index (χ1n) is 8.19. The Morgan fingerprint density at radius 2 is 2.11 bits per heavy atom. The average Bonchev–Trinajstić information content (AvgIpc) is 2.98. The molecule has 1 unspecified atom stereocenters. The molecule has 1 aliphatic heterocycles. The molecule has 10 heteroatoms. The van der Waals surface area contributed by atoms with Gasteiger partial charge in [0.15, 0.2) is 5.17 Å². The lowest BCUT2D eigenvalue weighted by molar-refractivity contribution is -0.137. The number of carbonyl (C=O) groups is 3.